The Morgan fingerprint density at radius 2 is 2.06 bits per heavy atom. The molecule has 18 heavy (non-hydrogen) atoms. The largest absolute Gasteiger partial charge is 0.382 e. The number of nitrogen functional groups attached to an aromatic ring is 1. The Morgan fingerprint density at radius 3 is 2.61 bits per heavy atom. The molecule has 0 aromatic carbocycles. The zero-order valence-electron chi connectivity index (χ0n) is 10.3. The Kier molecular flexibility index (Phi) is 3.22. The molecular formula is C11H15N6O+. The second kappa shape index (κ2) is 4.82. The highest BCUT2D eigenvalue weighted by Gasteiger charge is 2.09. The highest BCUT2D eigenvalue weighted by Crippen LogP contribution is 2.19. The summed E-state index contributed by atoms with van der Waals surface area (Å²) >= 11 is 0. The third-order valence-electron chi connectivity index (χ3n) is 2.53. The average molecular weight is 247 g/mol. The number of aromatic nitrogens is 3. The van der Waals surface area contributed by atoms with E-state index in [2.05, 4.69) is 15.3 Å². The van der Waals surface area contributed by atoms with E-state index in [0.717, 1.165) is 0 Å². The number of nitrogens with one attached hydrogen (secondary N) is 1. The van der Waals surface area contributed by atoms with E-state index in [4.69, 9.17) is 5.73 Å². The van der Waals surface area contributed by atoms with Crippen LogP contribution in [0.3, 0.4) is 0 Å². The minimum absolute atomic E-state index is 0.144. The average Bonchev–Trinajstić information content (AvgIpc) is 2.64. The smallest absolute Gasteiger partial charge is 0.294 e. The minimum Gasteiger partial charge on any atom is -0.382 e. The van der Waals surface area contributed by atoms with Crippen LogP contribution in [0, 0.1) is 0 Å². The lowest BCUT2D eigenvalue weighted by Crippen LogP contribution is -2.25. The van der Waals surface area contributed by atoms with Crippen molar-refractivity contribution in [3.8, 4) is 0 Å². The molecule has 2 aromatic heterocycles. The van der Waals surface area contributed by atoms with Crippen LogP contribution < -0.4 is 15.9 Å². The molecule has 0 aliphatic rings. The number of hydrogen-bond acceptors (Lipinski definition) is 4. The lowest BCUT2D eigenvalue weighted by molar-refractivity contribution is -0.671. The van der Waals surface area contributed by atoms with Gasteiger partial charge in [-0.15, -0.1) is 10.2 Å². The van der Waals surface area contributed by atoms with Crippen molar-refractivity contribution in [2.45, 2.75) is 13.5 Å². The van der Waals surface area contributed by atoms with Crippen LogP contribution in [0.4, 0.5) is 17.2 Å². The summed E-state index contributed by atoms with van der Waals surface area (Å²) < 4.78 is 3.41. The maximum atomic E-state index is 11.6. The maximum Gasteiger partial charge on any atom is 0.294 e. The highest BCUT2D eigenvalue weighted by molar-refractivity contribution is 5.56. The molecule has 2 rings (SSSR count). The molecule has 7 nitrogen and oxygen atoms in total. The Hall–Kier alpha value is -2.44. The topological polar surface area (TPSA) is 92.4 Å². The predicted molar refractivity (Wildman–Crippen MR) is 66.9 cm³/mol. The number of nitrogens with zero attached hydrogens (tertiary/aromatic N) is 4. The van der Waals surface area contributed by atoms with E-state index < -0.39 is 0 Å². The minimum atomic E-state index is -0.334. The van der Waals surface area contributed by atoms with E-state index in [1.54, 1.807) is 12.1 Å². The first-order valence-electron chi connectivity index (χ1n) is 5.57. The molecule has 0 spiro atoms. The number of hydrogen-bond donors (Lipinski definition) is 2. The van der Waals surface area contributed by atoms with E-state index in [1.165, 1.54) is 4.68 Å². The molecule has 0 unspecified atom stereocenters. The molecule has 0 amide bonds. The van der Waals surface area contributed by atoms with Gasteiger partial charge in [-0.25, -0.2) is 4.57 Å². The van der Waals surface area contributed by atoms with Crippen molar-refractivity contribution in [2.75, 3.05) is 5.73 Å². The van der Waals surface area contributed by atoms with Crippen LogP contribution in [0.25, 0.3) is 0 Å². The van der Waals surface area contributed by atoms with E-state index in [1.807, 2.05) is 30.9 Å². The van der Waals surface area contributed by atoms with E-state index in [9.17, 15) is 4.79 Å². The maximum absolute atomic E-state index is 11.6. The number of anilines is 1. The summed E-state index contributed by atoms with van der Waals surface area (Å²) in [5.41, 5.74) is 6.25. The van der Waals surface area contributed by atoms with E-state index in [-0.39, 0.29) is 11.2 Å². The van der Waals surface area contributed by atoms with E-state index >= 15 is 0 Å². The van der Waals surface area contributed by atoms with Crippen LogP contribution in [0.5, 0.6) is 0 Å². The summed E-state index contributed by atoms with van der Waals surface area (Å²) in [5, 5.41) is 10.5. The molecule has 7 heteroatoms. The number of aromatic amines is 1. The van der Waals surface area contributed by atoms with Crippen molar-refractivity contribution in [3.05, 3.63) is 34.9 Å². The predicted octanol–water partition coefficient (Wildman–Crippen LogP) is 1.02. The lowest BCUT2D eigenvalue weighted by Gasteiger charge is -1.97. The molecule has 2 heterocycles. The van der Waals surface area contributed by atoms with Crippen molar-refractivity contribution in [1.82, 2.24) is 9.78 Å². The third kappa shape index (κ3) is 2.29. The summed E-state index contributed by atoms with van der Waals surface area (Å²) in [5.74, 6) is 0.299. The molecule has 0 saturated carbocycles. The van der Waals surface area contributed by atoms with Crippen molar-refractivity contribution >= 4 is 17.2 Å². The molecule has 0 aliphatic carbocycles. The number of azo groups is 1. The normalized spacial score (nSPS) is 11.2. The first kappa shape index (κ1) is 12.0. The zero-order chi connectivity index (χ0) is 13.1. The van der Waals surface area contributed by atoms with Crippen LogP contribution in [0.2, 0.25) is 0 Å². The van der Waals surface area contributed by atoms with Gasteiger partial charge in [0.15, 0.2) is 23.9 Å². The fraction of sp³-hybridized carbons (Fsp3) is 0.273. The molecule has 0 fully saturated rings. The SMILES string of the molecule is CCn1[nH]c(=O)c(/N=N/c2cc[n+](C)cc2)c1N. The number of nitrogens with two attached hydrogens (primary N) is 1. The molecular weight excluding hydrogens is 232 g/mol. The summed E-state index contributed by atoms with van der Waals surface area (Å²) in [6, 6.07) is 3.59. The second-order valence-electron chi connectivity index (χ2n) is 3.84. The summed E-state index contributed by atoms with van der Waals surface area (Å²) in [6.07, 6.45) is 3.69. The molecule has 0 radical (unpaired) electrons. The first-order valence-corrected chi connectivity index (χ1v) is 5.57. The fourth-order valence-electron chi connectivity index (χ4n) is 1.49. The third-order valence-corrected chi connectivity index (χ3v) is 2.53. The van der Waals surface area contributed by atoms with Gasteiger partial charge in [0, 0.05) is 18.7 Å². The first-order chi connectivity index (χ1) is 8.61. The summed E-state index contributed by atoms with van der Waals surface area (Å²) in [7, 11) is 1.91. The fourth-order valence-corrected chi connectivity index (χ4v) is 1.49. The van der Waals surface area contributed by atoms with Gasteiger partial charge in [0.05, 0.1) is 5.69 Å². The molecule has 0 bridgehead atoms. The number of rotatable bonds is 3. The van der Waals surface area contributed by atoms with Gasteiger partial charge in [-0.05, 0) is 6.92 Å². The van der Waals surface area contributed by atoms with Crippen LogP contribution in [-0.2, 0) is 13.6 Å². The van der Waals surface area contributed by atoms with Gasteiger partial charge < -0.3 is 5.73 Å². The zero-order valence-corrected chi connectivity index (χ0v) is 10.3. The van der Waals surface area contributed by atoms with Crippen LogP contribution in [0.15, 0.2) is 39.5 Å². The molecule has 0 saturated heterocycles. The van der Waals surface area contributed by atoms with E-state index in [0.29, 0.717) is 18.1 Å². The number of aryl methyl sites for hydroxylation is 2. The van der Waals surface area contributed by atoms with Crippen molar-refractivity contribution < 1.29 is 4.57 Å². The Labute approximate surface area is 104 Å². The van der Waals surface area contributed by atoms with Crippen LogP contribution >= 0.6 is 0 Å². The Morgan fingerprint density at radius 1 is 1.39 bits per heavy atom. The van der Waals surface area contributed by atoms with Crippen molar-refractivity contribution in [3.63, 3.8) is 0 Å². The standard InChI is InChI=1S/C11H14N6O/c1-3-17-10(12)9(11(18)15-17)14-13-8-4-6-16(2)7-5-8/h4-7,12H,3H2,1-2H3,(H,15,18)/p+1. The van der Waals surface area contributed by atoms with Gasteiger partial charge in [0.1, 0.15) is 7.05 Å². The van der Waals surface area contributed by atoms with Gasteiger partial charge >= 0.3 is 0 Å². The summed E-state index contributed by atoms with van der Waals surface area (Å²) in [6.45, 7) is 2.46. The second-order valence-corrected chi connectivity index (χ2v) is 3.84. The van der Waals surface area contributed by atoms with Crippen molar-refractivity contribution in [1.29, 1.82) is 0 Å². The number of pyridine rings is 1. The highest BCUT2D eigenvalue weighted by atomic mass is 16.1. The lowest BCUT2D eigenvalue weighted by atomic mass is 10.4. The molecule has 0 atom stereocenters. The Bertz CT molecular complexity index is 622. The molecule has 94 valence electrons. The quantitative estimate of drug-likeness (QED) is 0.626. The monoisotopic (exact) mass is 247 g/mol. The van der Waals surface area contributed by atoms with Crippen molar-refractivity contribution in [2.24, 2.45) is 17.3 Å². The molecule has 2 aromatic rings. The van der Waals surface area contributed by atoms with Gasteiger partial charge in [0.25, 0.3) is 5.56 Å². The van der Waals surface area contributed by atoms with Gasteiger partial charge in [-0.1, -0.05) is 0 Å². The van der Waals surface area contributed by atoms with Gasteiger partial charge in [0.2, 0.25) is 0 Å². The Balaban J connectivity index is 2.31. The number of H-pyrrole nitrogens is 1. The van der Waals surface area contributed by atoms with Gasteiger partial charge in [-0.3, -0.25) is 14.6 Å². The molecule has 0 aliphatic heterocycles. The molecule has 3 N–H and O–H groups in total. The summed E-state index contributed by atoms with van der Waals surface area (Å²) in [4.78, 5) is 11.6. The van der Waals surface area contributed by atoms with Gasteiger partial charge in [-0.2, -0.15) is 0 Å². The van der Waals surface area contributed by atoms with Crippen LogP contribution in [-0.4, -0.2) is 9.78 Å². The van der Waals surface area contributed by atoms with Crippen LogP contribution in [0.1, 0.15) is 6.92 Å².